The van der Waals surface area contributed by atoms with E-state index in [-0.39, 0.29) is 0 Å². The van der Waals surface area contributed by atoms with Crippen LogP contribution in [0.2, 0.25) is 5.02 Å². The van der Waals surface area contributed by atoms with E-state index in [4.69, 9.17) is 17.3 Å². The molecular weight excluding hydrogens is 260 g/mol. The Labute approximate surface area is 108 Å². The molecule has 2 aromatic rings. The fraction of sp³-hybridized carbons (Fsp3) is 0.182. The monoisotopic (exact) mass is 270 g/mol. The Kier molecular flexibility index (Phi) is 3.74. The first-order valence-electron chi connectivity index (χ1n) is 4.76. The van der Waals surface area contributed by atoms with Crippen molar-refractivity contribution < 1.29 is 0 Å². The van der Waals surface area contributed by atoms with Crippen molar-refractivity contribution in [1.82, 2.24) is 4.98 Å². The zero-order chi connectivity index (χ0) is 11.5. The molecule has 5 heteroatoms. The van der Waals surface area contributed by atoms with E-state index in [0.717, 1.165) is 25.6 Å². The largest absolute Gasteiger partial charge is 0.383 e. The Hall–Kier alpha value is -0.710. The number of hydrogen-bond donors (Lipinski definition) is 1. The van der Waals surface area contributed by atoms with E-state index in [1.165, 1.54) is 0 Å². The van der Waals surface area contributed by atoms with Crippen molar-refractivity contribution in [2.75, 3.05) is 5.73 Å². The molecule has 0 unspecified atom stereocenters. The van der Waals surface area contributed by atoms with E-state index in [2.05, 4.69) is 4.98 Å². The number of thioether (sulfide) groups is 1. The molecule has 0 bridgehead atoms. The van der Waals surface area contributed by atoms with E-state index in [9.17, 15) is 0 Å². The number of benzene rings is 1. The highest BCUT2D eigenvalue weighted by Gasteiger charge is 2.06. The lowest BCUT2D eigenvalue weighted by Crippen LogP contribution is -1.87. The summed E-state index contributed by atoms with van der Waals surface area (Å²) in [6.45, 7) is 1.98. The third-order valence-electron chi connectivity index (χ3n) is 2.06. The predicted molar refractivity (Wildman–Crippen MR) is 72.3 cm³/mol. The van der Waals surface area contributed by atoms with Crippen molar-refractivity contribution in [3.63, 3.8) is 0 Å². The van der Waals surface area contributed by atoms with Crippen LogP contribution in [-0.2, 0) is 5.75 Å². The zero-order valence-electron chi connectivity index (χ0n) is 8.74. The van der Waals surface area contributed by atoms with E-state index >= 15 is 0 Å². The highest BCUT2D eigenvalue weighted by Crippen LogP contribution is 2.31. The van der Waals surface area contributed by atoms with Gasteiger partial charge in [-0.3, -0.25) is 0 Å². The summed E-state index contributed by atoms with van der Waals surface area (Å²) in [5.41, 5.74) is 5.70. The lowest BCUT2D eigenvalue weighted by molar-refractivity contribution is 1.26. The summed E-state index contributed by atoms with van der Waals surface area (Å²) in [6.07, 6.45) is 0. The molecule has 2 rings (SSSR count). The van der Waals surface area contributed by atoms with E-state index < -0.39 is 0 Å². The standard InChI is InChI=1S/C11H11ClN2S2/c1-7-11(13)14-10(16-7)6-15-9-5-3-2-4-8(9)12/h2-5H,6,13H2,1H3. The number of nitrogens with zero attached hydrogens (tertiary/aromatic N) is 1. The van der Waals surface area contributed by atoms with Gasteiger partial charge in [0.05, 0.1) is 10.8 Å². The molecule has 2 N–H and O–H groups in total. The van der Waals surface area contributed by atoms with Crippen molar-refractivity contribution in [1.29, 1.82) is 0 Å². The highest BCUT2D eigenvalue weighted by molar-refractivity contribution is 7.98. The van der Waals surface area contributed by atoms with Crippen molar-refractivity contribution in [3.8, 4) is 0 Å². The average molecular weight is 271 g/mol. The maximum absolute atomic E-state index is 6.06. The lowest BCUT2D eigenvalue weighted by atomic mass is 10.4. The molecule has 0 fully saturated rings. The van der Waals surface area contributed by atoms with Crippen LogP contribution in [0.5, 0.6) is 0 Å². The van der Waals surface area contributed by atoms with Crippen LogP contribution in [0.1, 0.15) is 9.88 Å². The molecule has 0 aliphatic heterocycles. The minimum absolute atomic E-state index is 0.639. The fourth-order valence-corrected chi connectivity index (χ4v) is 3.31. The molecule has 16 heavy (non-hydrogen) atoms. The van der Waals surface area contributed by atoms with Crippen LogP contribution in [0.15, 0.2) is 29.2 Å². The summed E-state index contributed by atoms with van der Waals surface area (Å²) in [5, 5.41) is 1.83. The molecular formula is C11H11ClN2S2. The Morgan fingerprint density at radius 1 is 1.44 bits per heavy atom. The van der Waals surface area contributed by atoms with Crippen LogP contribution in [0.4, 0.5) is 5.82 Å². The Balaban J connectivity index is 2.05. The van der Waals surface area contributed by atoms with E-state index in [1.807, 2.05) is 31.2 Å². The summed E-state index contributed by atoms with van der Waals surface area (Å²) in [4.78, 5) is 6.45. The van der Waals surface area contributed by atoms with Gasteiger partial charge in [0.25, 0.3) is 0 Å². The number of thiazole rings is 1. The molecule has 0 saturated heterocycles. The van der Waals surface area contributed by atoms with E-state index in [1.54, 1.807) is 23.1 Å². The van der Waals surface area contributed by atoms with Gasteiger partial charge in [-0.15, -0.1) is 23.1 Å². The second-order valence-electron chi connectivity index (χ2n) is 3.27. The Bertz CT molecular complexity index is 477. The summed E-state index contributed by atoms with van der Waals surface area (Å²) in [7, 11) is 0. The van der Waals surface area contributed by atoms with Gasteiger partial charge in [-0.2, -0.15) is 0 Å². The van der Waals surface area contributed by atoms with Gasteiger partial charge in [-0.1, -0.05) is 23.7 Å². The number of hydrogen-bond acceptors (Lipinski definition) is 4. The van der Waals surface area contributed by atoms with Gasteiger partial charge in [0.1, 0.15) is 10.8 Å². The van der Waals surface area contributed by atoms with Crippen LogP contribution in [0.3, 0.4) is 0 Å². The van der Waals surface area contributed by atoms with Gasteiger partial charge in [0.2, 0.25) is 0 Å². The number of aryl methyl sites for hydroxylation is 1. The number of aromatic nitrogens is 1. The second kappa shape index (κ2) is 5.08. The van der Waals surface area contributed by atoms with Crippen molar-refractivity contribution >= 4 is 40.5 Å². The Morgan fingerprint density at radius 3 is 2.81 bits per heavy atom. The van der Waals surface area contributed by atoms with Gasteiger partial charge in [-0.25, -0.2) is 4.98 Å². The molecule has 0 saturated carbocycles. The van der Waals surface area contributed by atoms with Gasteiger partial charge < -0.3 is 5.73 Å². The normalized spacial score (nSPS) is 10.6. The molecule has 0 aliphatic rings. The third kappa shape index (κ3) is 2.70. The second-order valence-corrected chi connectivity index (χ2v) is 5.98. The SMILES string of the molecule is Cc1sc(CSc2ccccc2Cl)nc1N. The lowest BCUT2D eigenvalue weighted by Gasteiger charge is -2.00. The molecule has 0 spiro atoms. The number of nitrogens with two attached hydrogens (primary N) is 1. The van der Waals surface area contributed by atoms with Gasteiger partial charge in [-0.05, 0) is 19.1 Å². The molecule has 0 aliphatic carbocycles. The van der Waals surface area contributed by atoms with Crippen LogP contribution in [-0.4, -0.2) is 4.98 Å². The van der Waals surface area contributed by atoms with Crippen LogP contribution in [0.25, 0.3) is 0 Å². The topological polar surface area (TPSA) is 38.9 Å². The van der Waals surface area contributed by atoms with Crippen molar-refractivity contribution in [2.24, 2.45) is 0 Å². The molecule has 84 valence electrons. The number of anilines is 1. The van der Waals surface area contributed by atoms with Crippen LogP contribution in [0, 0.1) is 6.92 Å². The predicted octanol–water partition coefficient (Wildman–Crippen LogP) is 3.98. The molecule has 0 amide bonds. The molecule has 2 nitrogen and oxygen atoms in total. The van der Waals surface area contributed by atoms with Gasteiger partial charge in [0, 0.05) is 9.77 Å². The zero-order valence-corrected chi connectivity index (χ0v) is 11.1. The maximum atomic E-state index is 6.06. The van der Waals surface area contributed by atoms with Crippen LogP contribution < -0.4 is 5.73 Å². The first-order chi connectivity index (χ1) is 7.66. The number of nitrogen functional groups attached to an aromatic ring is 1. The smallest absolute Gasteiger partial charge is 0.137 e. The van der Waals surface area contributed by atoms with Gasteiger partial charge >= 0.3 is 0 Å². The summed E-state index contributed by atoms with van der Waals surface area (Å²) < 4.78 is 0. The molecule has 1 aromatic heterocycles. The van der Waals surface area contributed by atoms with E-state index in [0.29, 0.717) is 5.82 Å². The van der Waals surface area contributed by atoms with Gasteiger partial charge in [0.15, 0.2) is 0 Å². The minimum Gasteiger partial charge on any atom is -0.383 e. The van der Waals surface area contributed by atoms with Crippen LogP contribution >= 0.6 is 34.7 Å². The molecule has 1 aromatic carbocycles. The maximum Gasteiger partial charge on any atom is 0.137 e. The van der Waals surface area contributed by atoms with Crippen molar-refractivity contribution in [2.45, 2.75) is 17.6 Å². The quantitative estimate of drug-likeness (QED) is 0.858. The number of rotatable bonds is 3. The summed E-state index contributed by atoms with van der Waals surface area (Å²) in [6, 6.07) is 7.82. The average Bonchev–Trinajstić information content (AvgIpc) is 2.57. The first kappa shape index (κ1) is 11.8. The third-order valence-corrected chi connectivity index (χ3v) is 4.76. The molecule has 1 heterocycles. The fourth-order valence-electron chi connectivity index (χ4n) is 1.23. The summed E-state index contributed by atoms with van der Waals surface area (Å²) in [5.74, 6) is 1.45. The Morgan fingerprint density at radius 2 is 2.19 bits per heavy atom. The first-order valence-corrected chi connectivity index (χ1v) is 6.94. The number of halogens is 1. The highest BCUT2D eigenvalue weighted by atomic mass is 35.5. The van der Waals surface area contributed by atoms with Crippen molar-refractivity contribution in [3.05, 3.63) is 39.2 Å². The molecule has 0 atom stereocenters. The molecule has 0 radical (unpaired) electrons. The minimum atomic E-state index is 0.639. The summed E-state index contributed by atoms with van der Waals surface area (Å²) >= 11 is 9.39.